The van der Waals surface area contributed by atoms with Gasteiger partial charge < -0.3 is 5.32 Å². The van der Waals surface area contributed by atoms with Gasteiger partial charge in [0, 0.05) is 5.39 Å². The highest BCUT2D eigenvalue weighted by Gasteiger charge is 2.45. The van der Waals surface area contributed by atoms with Crippen LogP contribution < -0.4 is 5.32 Å². The maximum absolute atomic E-state index is 13.7. The third-order valence-electron chi connectivity index (χ3n) is 4.39. The standard InChI is InChI=1S/C20H16F4N2O/c1-19(12-20(22,23)24,14-7-3-2-4-8-14)18(27)26-15-10-13-6-5-9-16(21)17(13)25-11-15/h2-11H,12H2,1H3,(H,26,27)/t19-/m0/s1. The lowest BCUT2D eigenvalue weighted by Crippen LogP contribution is -2.41. The predicted molar refractivity (Wildman–Crippen MR) is 94.8 cm³/mol. The summed E-state index contributed by atoms with van der Waals surface area (Å²) in [5, 5.41) is 2.93. The number of pyridine rings is 1. The number of aromatic nitrogens is 1. The molecule has 0 aliphatic carbocycles. The van der Waals surface area contributed by atoms with Gasteiger partial charge in [0.05, 0.1) is 23.7 Å². The Bertz CT molecular complexity index is 973. The number of alkyl halides is 3. The summed E-state index contributed by atoms with van der Waals surface area (Å²) in [6, 6.07) is 13.6. The van der Waals surface area contributed by atoms with E-state index in [1.807, 2.05) is 0 Å². The lowest BCUT2D eigenvalue weighted by atomic mass is 9.78. The Morgan fingerprint density at radius 2 is 1.78 bits per heavy atom. The first-order valence-electron chi connectivity index (χ1n) is 8.17. The Hall–Kier alpha value is -2.96. The van der Waals surface area contributed by atoms with E-state index in [9.17, 15) is 22.4 Å². The molecule has 0 aliphatic heterocycles. The molecule has 0 spiro atoms. The average molecular weight is 376 g/mol. The molecule has 1 N–H and O–H groups in total. The average Bonchev–Trinajstić information content (AvgIpc) is 2.61. The number of nitrogens with one attached hydrogen (secondary N) is 1. The van der Waals surface area contributed by atoms with Crippen LogP contribution in [0.4, 0.5) is 23.2 Å². The van der Waals surface area contributed by atoms with E-state index >= 15 is 0 Å². The first-order valence-corrected chi connectivity index (χ1v) is 8.17. The number of anilines is 1. The minimum Gasteiger partial charge on any atom is -0.324 e. The van der Waals surface area contributed by atoms with Gasteiger partial charge in [0.1, 0.15) is 11.3 Å². The van der Waals surface area contributed by atoms with E-state index in [2.05, 4.69) is 10.3 Å². The summed E-state index contributed by atoms with van der Waals surface area (Å²) in [6.45, 7) is 1.25. The number of hydrogen-bond donors (Lipinski definition) is 1. The molecular weight excluding hydrogens is 360 g/mol. The van der Waals surface area contributed by atoms with E-state index in [1.54, 1.807) is 24.3 Å². The van der Waals surface area contributed by atoms with Gasteiger partial charge in [-0.15, -0.1) is 0 Å². The topological polar surface area (TPSA) is 42.0 Å². The number of carbonyl (C=O) groups is 1. The number of benzene rings is 2. The molecule has 0 unspecified atom stereocenters. The molecule has 2 aromatic carbocycles. The van der Waals surface area contributed by atoms with Crippen LogP contribution in [0.1, 0.15) is 18.9 Å². The molecule has 3 aromatic rings. The minimum absolute atomic E-state index is 0.122. The van der Waals surface area contributed by atoms with Gasteiger partial charge >= 0.3 is 6.18 Å². The summed E-state index contributed by atoms with van der Waals surface area (Å²) < 4.78 is 53.2. The van der Waals surface area contributed by atoms with E-state index < -0.39 is 29.7 Å². The van der Waals surface area contributed by atoms with Gasteiger partial charge in [-0.3, -0.25) is 9.78 Å². The highest BCUT2D eigenvalue weighted by atomic mass is 19.4. The number of halogens is 4. The summed E-state index contributed by atoms with van der Waals surface area (Å²) in [6.07, 6.45) is -4.62. The van der Waals surface area contributed by atoms with Crippen LogP contribution in [0.25, 0.3) is 10.9 Å². The summed E-state index contributed by atoms with van der Waals surface area (Å²) in [7, 11) is 0. The number of amides is 1. The number of hydrogen-bond acceptors (Lipinski definition) is 2. The van der Waals surface area contributed by atoms with Crippen molar-refractivity contribution in [3.05, 3.63) is 72.2 Å². The Morgan fingerprint density at radius 1 is 1.07 bits per heavy atom. The van der Waals surface area contributed by atoms with Crippen molar-refractivity contribution in [2.75, 3.05) is 5.32 Å². The normalized spacial score (nSPS) is 14.0. The lowest BCUT2D eigenvalue weighted by molar-refractivity contribution is -0.155. The largest absolute Gasteiger partial charge is 0.390 e. The monoisotopic (exact) mass is 376 g/mol. The van der Waals surface area contributed by atoms with E-state index in [0.717, 1.165) is 0 Å². The summed E-state index contributed by atoms with van der Waals surface area (Å²) in [5.74, 6) is -1.33. The summed E-state index contributed by atoms with van der Waals surface area (Å²) >= 11 is 0. The molecule has 27 heavy (non-hydrogen) atoms. The molecule has 0 saturated carbocycles. The maximum Gasteiger partial charge on any atom is 0.390 e. The molecule has 0 fully saturated rings. The summed E-state index contributed by atoms with van der Waals surface area (Å²) in [4.78, 5) is 16.8. The maximum atomic E-state index is 13.7. The van der Waals surface area contributed by atoms with Gasteiger partial charge in [-0.25, -0.2) is 4.39 Å². The van der Waals surface area contributed by atoms with Crippen LogP contribution in [-0.2, 0) is 10.2 Å². The quantitative estimate of drug-likeness (QED) is 0.634. The first-order chi connectivity index (χ1) is 12.7. The van der Waals surface area contributed by atoms with E-state index in [4.69, 9.17) is 0 Å². The van der Waals surface area contributed by atoms with Gasteiger partial charge in [-0.2, -0.15) is 13.2 Å². The van der Waals surface area contributed by atoms with Crippen LogP contribution in [0.5, 0.6) is 0 Å². The molecule has 140 valence electrons. The number of carbonyl (C=O) groups excluding carboxylic acids is 1. The third kappa shape index (κ3) is 4.07. The van der Waals surface area contributed by atoms with Crippen molar-refractivity contribution in [2.45, 2.75) is 24.9 Å². The number of rotatable bonds is 4. The predicted octanol–water partition coefficient (Wildman–Crippen LogP) is 5.22. The smallest absolute Gasteiger partial charge is 0.324 e. The van der Waals surface area contributed by atoms with E-state index in [1.165, 1.54) is 43.5 Å². The Morgan fingerprint density at radius 3 is 2.44 bits per heavy atom. The van der Waals surface area contributed by atoms with Crippen LogP contribution in [0.15, 0.2) is 60.8 Å². The second-order valence-electron chi connectivity index (χ2n) is 6.48. The van der Waals surface area contributed by atoms with Gasteiger partial charge in [0.15, 0.2) is 0 Å². The molecule has 3 nitrogen and oxygen atoms in total. The van der Waals surface area contributed by atoms with Crippen molar-refractivity contribution in [1.82, 2.24) is 4.98 Å². The van der Waals surface area contributed by atoms with Gasteiger partial charge in [0.2, 0.25) is 5.91 Å². The van der Waals surface area contributed by atoms with Crippen LogP contribution in [-0.4, -0.2) is 17.1 Å². The van der Waals surface area contributed by atoms with Gasteiger partial charge in [-0.1, -0.05) is 42.5 Å². The van der Waals surface area contributed by atoms with Crippen molar-refractivity contribution in [3.8, 4) is 0 Å². The lowest BCUT2D eigenvalue weighted by Gasteiger charge is -2.30. The number of fused-ring (bicyclic) bond motifs is 1. The zero-order valence-corrected chi connectivity index (χ0v) is 14.3. The zero-order valence-electron chi connectivity index (χ0n) is 14.3. The molecule has 3 rings (SSSR count). The highest BCUT2D eigenvalue weighted by Crippen LogP contribution is 2.37. The molecule has 1 heterocycles. The Balaban J connectivity index is 1.95. The second kappa shape index (κ2) is 6.98. The molecule has 0 aliphatic rings. The highest BCUT2D eigenvalue weighted by molar-refractivity contribution is 6.00. The zero-order chi connectivity index (χ0) is 19.7. The molecule has 1 amide bonds. The van der Waals surface area contributed by atoms with Crippen LogP contribution >= 0.6 is 0 Å². The molecule has 0 saturated heterocycles. The minimum atomic E-state index is -4.54. The molecule has 1 atom stereocenters. The first kappa shape index (κ1) is 18.8. The van der Waals surface area contributed by atoms with Crippen LogP contribution in [0, 0.1) is 5.82 Å². The van der Waals surface area contributed by atoms with Gasteiger partial charge in [0.25, 0.3) is 0 Å². The number of para-hydroxylation sites is 1. The number of nitrogens with zero attached hydrogens (tertiary/aromatic N) is 1. The van der Waals surface area contributed by atoms with Crippen molar-refractivity contribution in [2.24, 2.45) is 0 Å². The van der Waals surface area contributed by atoms with Crippen molar-refractivity contribution in [1.29, 1.82) is 0 Å². The Labute approximate surface area is 153 Å². The molecule has 7 heteroatoms. The van der Waals surface area contributed by atoms with E-state index in [0.29, 0.717) is 5.39 Å². The fraction of sp³-hybridized carbons (Fsp3) is 0.200. The third-order valence-corrected chi connectivity index (χ3v) is 4.39. The SMILES string of the molecule is C[C@@](CC(F)(F)F)(C(=O)Nc1cnc2c(F)cccc2c1)c1ccccc1. The molecule has 0 bridgehead atoms. The molecule has 0 radical (unpaired) electrons. The second-order valence-corrected chi connectivity index (χ2v) is 6.48. The van der Waals surface area contributed by atoms with E-state index in [-0.39, 0.29) is 16.8 Å². The van der Waals surface area contributed by atoms with Crippen LogP contribution in [0.3, 0.4) is 0 Å². The van der Waals surface area contributed by atoms with Crippen molar-refractivity contribution < 1.29 is 22.4 Å². The molecular formula is C20H16F4N2O. The van der Waals surface area contributed by atoms with Crippen molar-refractivity contribution in [3.63, 3.8) is 0 Å². The van der Waals surface area contributed by atoms with Crippen LogP contribution in [0.2, 0.25) is 0 Å². The Kier molecular flexibility index (Phi) is 4.87. The fourth-order valence-corrected chi connectivity index (χ4v) is 2.98. The fourth-order valence-electron chi connectivity index (χ4n) is 2.98. The molecule has 1 aromatic heterocycles. The van der Waals surface area contributed by atoms with Crippen molar-refractivity contribution >= 4 is 22.5 Å². The summed E-state index contributed by atoms with van der Waals surface area (Å²) in [5.41, 5.74) is -1.25. The van der Waals surface area contributed by atoms with Gasteiger partial charge in [-0.05, 0) is 24.6 Å².